The van der Waals surface area contributed by atoms with Gasteiger partial charge in [0.15, 0.2) is 0 Å². The van der Waals surface area contributed by atoms with Crippen LogP contribution in [-0.2, 0) is 4.79 Å². The summed E-state index contributed by atoms with van der Waals surface area (Å²) in [7, 11) is 0. The molecule has 2 N–H and O–H groups in total. The molecular formula is C21H25ClN2O2S. The van der Waals surface area contributed by atoms with E-state index in [-0.39, 0.29) is 11.8 Å². The Labute approximate surface area is 170 Å². The van der Waals surface area contributed by atoms with Crippen LogP contribution in [0.5, 0.6) is 0 Å². The van der Waals surface area contributed by atoms with E-state index in [4.69, 9.17) is 11.6 Å². The van der Waals surface area contributed by atoms with Crippen LogP contribution in [0.2, 0.25) is 5.02 Å². The number of anilines is 1. The van der Waals surface area contributed by atoms with Gasteiger partial charge < -0.3 is 10.6 Å². The van der Waals surface area contributed by atoms with Crippen LogP contribution in [0.3, 0.4) is 0 Å². The number of carbonyl (C=O) groups excluding carboxylic acids is 2. The van der Waals surface area contributed by atoms with Gasteiger partial charge in [-0.3, -0.25) is 9.59 Å². The molecule has 0 atom stereocenters. The molecule has 0 saturated heterocycles. The average molecular weight is 405 g/mol. The summed E-state index contributed by atoms with van der Waals surface area (Å²) >= 11 is 7.56. The molecule has 0 bridgehead atoms. The van der Waals surface area contributed by atoms with Crippen LogP contribution in [0, 0.1) is 5.92 Å². The molecule has 0 heterocycles. The van der Waals surface area contributed by atoms with Crippen molar-refractivity contribution in [2.75, 3.05) is 17.6 Å². The van der Waals surface area contributed by atoms with Gasteiger partial charge >= 0.3 is 0 Å². The van der Waals surface area contributed by atoms with Gasteiger partial charge in [0.2, 0.25) is 5.91 Å². The Balaban J connectivity index is 1.81. The minimum atomic E-state index is -0.169. The molecule has 0 spiro atoms. The zero-order valence-electron chi connectivity index (χ0n) is 15.6. The fraction of sp³-hybridized carbons (Fsp3) is 0.333. The lowest BCUT2D eigenvalue weighted by Gasteiger charge is -2.12. The van der Waals surface area contributed by atoms with Crippen LogP contribution in [0.1, 0.15) is 37.0 Å². The SMILES string of the molecule is CC(C)CNC(=O)c1ccccc1NC(=O)CCCSc1ccc(Cl)cc1. The van der Waals surface area contributed by atoms with Gasteiger partial charge in [0, 0.05) is 22.9 Å². The van der Waals surface area contributed by atoms with Crippen molar-refractivity contribution in [1.82, 2.24) is 5.32 Å². The number of nitrogens with one attached hydrogen (secondary N) is 2. The number of hydrogen-bond acceptors (Lipinski definition) is 3. The molecular weight excluding hydrogens is 380 g/mol. The summed E-state index contributed by atoms with van der Waals surface area (Å²) in [5.74, 6) is 0.952. The molecule has 0 radical (unpaired) electrons. The second-order valence-corrected chi connectivity index (χ2v) is 8.21. The predicted octanol–water partition coefficient (Wildman–Crippen LogP) is 5.24. The van der Waals surface area contributed by atoms with Crippen LogP contribution in [0.15, 0.2) is 53.4 Å². The van der Waals surface area contributed by atoms with E-state index in [1.165, 1.54) is 0 Å². The quantitative estimate of drug-likeness (QED) is 0.444. The number of amides is 2. The number of carbonyl (C=O) groups is 2. The molecule has 2 rings (SSSR count). The third kappa shape index (κ3) is 7.65. The Kier molecular flexibility index (Phi) is 8.69. The second-order valence-electron chi connectivity index (χ2n) is 6.60. The largest absolute Gasteiger partial charge is 0.352 e. The second kappa shape index (κ2) is 11.0. The highest BCUT2D eigenvalue weighted by Gasteiger charge is 2.13. The van der Waals surface area contributed by atoms with Crippen molar-refractivity contribution in [2.45, 2.75) is 31.6 Å². The molecule has 0 fully saturated rings. The van der Waals surface area contributed by atoms with Crippen molar-refractivity contribution in [1.29, 1.82) is 0 Å². The summed E-state index contributed by atoms with van der Waals surface area (Å²) in [6, 6.07) is 14.7. The van der Waals surface area contributed by atoms with E-state index in [1.54, 1.807) is 30.0 Å². The molecule has 0 aliphatic rings. The molecule has 0 aromatic heterocycles. The van der Waals surface area contributed by atoms with E-state index < -0.39 is 0 Å². The molecule has 0 saturated carbocycles. The fourth-order valence-electron chi connectivity index (χ4n) is 2.35. The van der Waals surface area contributed by atoms with E-state index >= 15 is 0 Å². The maximum absolute atomic E-state index is 12.3. The van der Waals surface area contributed by atoms with Crippen LogP contribution in [-0.4, -0.2) is 24.1 Å². The lowest BCUT2D eigenvalue weighted by molar-refractivity contribution is -0.116. The van der Waals surface area contributed by atoms with E-state index in [1.807, 2.05) is 44.2 Å². The van der Waals surface area contributed by atoms with Crippen LogP contribution in [0.25, 0.3) is 0 Å². The first-order valence-corrected chi connectivity index (χ1v) is 10.4. The summed E-state index contributed by atoms with van der Waals surface area (Å²) in [4.78, 5) is 25.7. The Morgan fingerprint density at radius 1 is 1.07 bits per heavy atom. The standard InChI is InChI=1S/C21H25ClN2O2S/c1-15(2)14-23-21(26)18-6-3-4-7-19(18)24-20(25)8-5-13-27-17-11-9-16(22)10-12-17/h3-4,6-7,9-12,15H,5,8,13-14H2,1-2H3,(H,23,26)(H,24,25). The minimum Gasteiger partial charge on any atom is -0.352 e. The first-order chi connectivity index (χ1) is 13.0. The maximum atomic E-state index is 12.3. The average Bonchev–Trinajstić information content (AvgIpc) is 2.65. The van der Waals surface area contributed by atoms with Crippen molar-refractivity contribution in [3.63, 3.8) is 0 Å². The van der Waals surface area contributed by atoms with Gasteiger partial charge in [0.1, 0.15) is 0 Å². The highest BCUT2D eigenvalue weighted by atomic mass is 35.5. The highest BCUT2D eigenvalue weighted by molar-refractivity contribution is 7.99. The van der Waals surface area contributed by atoms with Crippen molar-refractivity contribution in [2.24, 2.45) is 5.92 Å². The molecule has 4 nitrogen and oxygen atoms in total. The molecule has 2 amide bonds. The lowest BCUT2D eigenvalue weighted by atomic mass is 10.1. The Morgan fingerprint density at radius 2 is 1.78 bits per heavy atom. The lowest BCUT2D eigenvalue weighted by Crippen LogP contribution is -2.28. The van der Waals surface area contributed by atoms with E-state index in [0.29, 0.717) is 30.1 Å². The molecule has 0 aliphatic carbocycles. The number of benzene rings is 2. The Hall–Kier alpha value is -1.98. The third-order valence-corrected chi connectivity index (χ3v) is 5.10. The topological polar surface area (TPSA) is 58.2 Å². The van der Waals surface area contributed by atoms with Gasteiger partial charge in [-0.25, -0.2) is 0 Å². The van der Waals surface area contributed by atoms with Crippen molar-refractivity contribution in [3.8, 4) is 0 Å². The molecule has 27 heavy (non-hydrogen) atoms. The van der Waals surface area contributed by atoms with Crippen molar-refractivity contribution in [3.05, 3.63) is 59.1 Å². The zero-order valence-corrected chi connectivity index (χ0v) is 17.2. The van der Waals surface area contributed by atoms with Gasteiger partial charge in [0.25, 0.3) is 5.91 Å². The number of thioether (sulfide) groups is 1. The molecule has 0 aliphatic heterocycles. The Bertz CT molecular complexity index is 763. The molecule has 0 unspecified atom stereocenters. The smallest absolute Gasteiger partial charge is 0.253 e. The number of rotatable bonds is 9. The van der Waals surface area contributed by atoms with Crippen molar-refractivity contribution >= 4 is 40.9 Å². The molecule has 2 aromatic rings. The van der Waals surface area contributed by atoms with Crippen molar-refractivity contribution < 1.29 is 9.59 Å². The van der Waals surface area contributed by atoms with Gasteiger partial charge in [-0.05, 0) is 54.5 Å². The maximum Gasteiger partial charge on any atom is 0.253 e. The van der Waals surface area contributed by atoms with Gasteiger partial charge in [-0.2, -0.15) is 0 Å². The minimum absolute atomic E-state index is 0.0872. The van der Waals surface area contributed by atoms with E-state index in [0.717, 1.165) is 22.1 Å². The number of para-hydroxylation sites is 1. The van der Waals surface area contributed by atoms with Crippen LogP contribution < -0.4 is 10.6 Å². The first kappa shape index (κ1) is 21.3. The normalized spacial score (nSPS) is 10.7. The summed E-state index contributed by atoms with van der Waals surface area (Å²) in [6.07, 6.45) is 1.16. The van der Waals surface area contributed by atoms with Gasteiger partial charge in [-0.15, -0.1) is 11.8 Å². The van der Waals surface area contributed by atoms with E-state index in [9.17, 15) is 9.59 Å². The zero-order chi connectivity index (χ0) is 19.6. The molecule has 144 valence electrons. The fourth-order valence-corrected chi connectivity index (χ4v) is 3.33. The number of halogens is 1. The molecule has 2 aromatic carbocycles. The predicted molar refractivity (Wildman–Crippen MR) is 114 cm³/mol. The van der Waals surface area contributed by atoms with Crippen LogP contribution in [0.4, 0.5) is 5.69 Å². The monoisotopic (exact) mass is 404 g/mol. The Morgan fingerprint density at radius 3 is 2.48 bits per heavy atom. The van der Waals surface area contributed by atoms with E-state index in [2.05, 4.69) is 10.6 Å². The summed E-state index contributed by atoms with van der Waals surface area (Å²) < 4.78 is 0. The first-order valence-electron chi connectivity index (χ1n) is 9.01. The summed E-state index contributed by atoms with van der Waals surface area (Å²) in [6.45, 7) is 4.68. The number of hydrogen-bond donors (Lipinski definition) is 2. The highest BCUT2D eigenvalue weighted by Crippen LogP contribution is 2.22. The summed E-state index contributed by atoms with van der Waals surface area (Å²) in [5.41, 5.74) is 1.04. The summed E-state index contributed by atoms with van der Waals surface area (Å²) in [5, 5.41) is 6.46. The van der Waals surface area contributed by atoms with Gasteiger partial charge in [0.05, 0.1) is 11.3 Å². The third-order valence-electron chi connectivity index (χ3n) is 3.75. The van der Waals surface area contributed by atoms with Gasteiger partial charge in [-0.1, -0.05) is 37.6 Å². The molecule has 6 heteroatoms. The van der Waals surface area contributed by atoms with Crippen LogP contribution >= 0.6 is 23.4 Å².